The van der Waals surface area contributed by atoms with Crippen LogP contribution in [0.1, 0.15) is 118 Å². The Hall–Kier alpha value is -8.16. The van der Waals surface area contributed by atoms with E-state index < -0.39 is 77.2 Å². The first kappa shape index (κ1) is 61.4. The van der Waals surface area contributed by atoms with Crippen molar-refractivity contribution in [2.24, 2.45) is 34.4 Å². The number of phenolic OH excluding ortho intramolecular Hbond substituents is 1. The van der Waals surface area contributed by atoms with Crippen LogP contribution in [0.2, 0.25) is 0 Å². The number of aromatic hydroxyl groups is 2. The lowest BCUT2D eigenvalue weighted by atomic mass is 10.1. The van der Waals surface area contributed by atoms with Gasteiger partial charge in [0.25, 0.3) is 23.6 Å². The van der Waals surface area contributed by atoms with Gasteiger partial charge < -0.3 is 86.6 Å². The Balaban J connectivity index is 1.49. The number of rotatable bonds is 32. The molecule has 0 saturated heterocycles. The molecule has 4 aromatic rings. The van der Waals surface area contributed by atoms with E-state index >= 15 is 0 Å². The number of benzene rings is 4. The second kappa shape index (κ2) is 31.7. The molecule has 8 amide bonds. The Kier molecular flexibility index (Phi) is 25.2. The van der Waals surface area contributed by atoms with E-state index in [1.54, 1.807) is 6.07 Å². The molecule has 4 aromatic carbocycles. The van der Waals surface area contributed by atoms with E-state index in [1.807, 2.05) is 0 Å². The summed E-state index contributed by atoms with van der Waals surface area (Å²) in [4.78, 5) is 107. The topological polar surface area (TPSA) is 427 Å². The van der Waals surface area contributed by atoms with Crippen molar-refractivity contribution in [3.05, 3.63) is 101 Å². The highest BCUT2D eigenvalue weighted by molar-refractivity contribution is 6.07. The van der Waals surface area contributed by atoms with Crippen LogP contribution in [0.15, 0.2) is 78.9 Å². The maximum absolute atomic E-state index is 13.9. The number of amides is 8. The summed E-state index contributed by atoms with van der Waals surface area (Å²) in [6, 6.07) is 13.6. The number of hydrogen-bond acceptors (Lipinski definition) is 16. The molecule has 4 atom stereocenters. The van der Waals surface area contributed by atoms with E-state index in [0.29, 0.717) is 84.0 Å². The highest BCUT2D eigenvalue weighted by Gasteiger charge is 2.28. The van der Waals surface area contributed by atoms with Crippen LogP contribution in [0.4, 0.5) is 22.7 Å². The molecule has 416 valence electrons. The SMILES string of the molecule is COc1ccc(NC(=O)C(N)CCCCN)cc1C(=O)NC(CCCCN)C(=O)Nc1ccc(O)c(C(=O)NC(CCCCN)C(=O)Nc2cccc(C(=O)NC(CCCCN)C(=O)Nc3ccc(O)c(C(N)=O)c3)c2)c1. The molecule has 0 fully saturated rings. The van der Waals surface area contributed by atoms with E-state index in [4.69, 9.17) is 39.1 Å². The molecule has 0 aliphatic rings. The summed E-state index contributed by atoms with van der Waals surface area (Å²) in [6.45, 7) is 1.44. The summed E-state index contributed by atoms with van der Waals surface area (Å²) in [5.41, 5.74) is 34.3. The predicted octanol–water partition coefficient (Wildman–Crippen LogP) is 2.20. The molecule has 0 bridgehead atoms. The Morgan fingerprint density at radius 3 is 1.32 bits per heavy atom. The largest absolute Gasteiger partial charge is 0.507 e. The van der Waals surface area contributed by atoms with Crippen LogP contribution in [0, 0.1) is 0 Å². The van der Waals surface area contributed by atoms with Gasteiger partial charge in [-0.3, -0.25) is 38.4 Å². The van der Waals surface area contributed by atoms with Crippen LogP contribution >= 0.6 is 0 Å². The summed E-state index contributed by atoms with van der Waals surface area (Å²) >= 11 is 0. The molecule has 0 heterocycles. The number of carbonyl (C=O) groups is 8. The maximum atomic E-state index is 13.9. The Morgan fingerprint density at radius 1 is 0.468 bits per heavy atom. The summed E-state index contributed by atoms with van der Waals surface area (Å²) in [5.74, 6) is -6.27. The minimum Gasteiger partial charge on any atom is -0.507 e. The van der Waals surface area contributed by atoms with E-state index in [9.17, 15) is 48.6 Å². The summed E-state index contributed by atoms with van der Waals surface area (Å²) in [5, 5.41) is 39.7. The minimum atomic E-state index is -1.20. The van der Waals surface area contributed by atoms with Crippen LogP contribution in [-0.4, -0.2) is 115 Å². The number of primary amides is 1. The van der Waals surface area contributed by atoms with Crippen molar-refractivity contribution in [1.29, 1.82) is 0 Å². The molecule has 0 aliphatic heterocycles. The summed E-state index contributed by atoms with van der Waals surface area (Å²) in [7, 11) is 1.36. The van der Waals surface area contributed by atoms with Crippen molar-refractivity contribution in [2.75, 3.05) is 54.6 Å². The second-order valence-electron chi connectivity index (χ2n) is 18.1. The van der Waals surface area contributed by atoms with Crippen molar-refractivity contribution in [2.45, 2.75) is 101 Å². The molecule has 0 radical (unpaired) electrons. The molecule has 21 N–H and O–H groups in total. The highest BCUT2D eigenvalue weighted by atomic mass is 16.5. The lowest BCUT2D eigenvalue weighted by molar-refractivity contribution is -0.118. The van der Waals surface area contributed by atoms with Gasteiger partial charge in [-0.25, -0.2) is 0 Å². The number of carbonyl (C=O) groups excluding carboxylic acids is 8. The number of unbranched alkanes of at least 4 members (excludes halogenated alkanes) is 4. The van der Waals surface area contributed by atoms with Crippen LogP contribution in [-0.2, 0) is 19.2 Å². The number of hydrogen-bond donors (Lipinski definition) is 15. The van der Waals surface area contributed by atoms with Crippen LogP contribution in [0.5, 0.6) is 17.2 Å². The normalized spacial score (nSPS) is 12.4. The zero-order chi connectivity index (χ0) is 56.4. The molecule has 0 saturated carbocycles. The van der Waals surface area contributed by atoms with Crippen LogP contribution < -0.4 is 76.4 Å². The number of methoxy groups -OCH3 is 1. The molecular weight excluding hydrogens is 995 g/mol. The Labute approximate surface area is 446 Å². The lowest BCUT2D eigenvalue weighted by Crippen LogP contribution is -2.44. The Morgan fingerprint density at radius 2 is 0.857 bits per heavy atom. The van der Waals surface area contributed by atoms with Gasteiger partial charge in [-0.05, 0) is 170 Å². The standard InChI is InChI=1S/C53H73N13O11/c1-77-45-22-19-35(60-50(73)39(58)13-2-6-23-54)30-38(45)49(72)66-42(16-5-9-26-57)53(76)63-34-18-21-44(68)37(29-34)48(71)65-41(15-4-8-25-56)52(75)61-32-12-10-11-31(27-32)47(70)64-40(14-3-7-24-55)51(74)62-33-17-20-43(67)36(28-33)46(59)69/h10-12,17-22,27-30,39-42,67-68H,2-9,13-16,23-26,54-58H2,1H3,(H2,59,69)(H,60,73)(H,61,75)(H,62,74)(H,63,76)(H,64,70)(H,65,71)(H,66,72). The van der Waals surface area contributed by atoms with E-state index in [1.165, 1.54) is 79.9 Å². The highest BCUT2D eigenvalue weighted by Crippen LogP contribution is 2.26. The predicted molar refractivity (Wildman–Crippen MR) is 292 cm³/mol. The summed E-state index contributed by atoms with van der Waals surface area (Å²) in [6.07, 6.45) is 5.16. The van der Waals surface area contributed by atoms with Crippen molar-refractivity contribution in [3.8, 4) is 17.2 Å². The first-order chi connectivity index (χ1) is 36.9. The van der Waals surface area contributed by atoms with Crippen molar-refractivity contribution in [3.63, 3.8) is 0 Å². The smallest absolute Gasteiger partial charge is 0.255 e. The third kappa shape index (κ3) is 19.5. The van der Waals surface area contributed by atoms with Crippen LogP contribution in [0.3, 0.4) is 0 Å². The van der Waals surface area contributed by atoms with Gasteiger partial charge in [-0.15, -0.1) is 0 Å². The van der Waals surface area contributed by atoms with Crippen molar-refractivity contribution >= 4 is 70.0 Å². The minimum absolute atomic E-state index is 0.0160. The molecule has 4 rings (SSSR count). The average Bonchev–Trinajstić information content (AvgIpc) is 3.41. The average molecular weight is 1070 g/mol. The molecule has 24 heteroatoms. The quantitative estimate of drug-likeness (QED) is 0.0246. The van der Waals surface area contributed by atoms with Gasteiger partial charge >= 0.3 is 0 Å². The number of phenols is 2. The van der Waals surface area contributed by atoms with Gasteiger partial charge in [-0.1, -0.05) is 12.5 Å². The molecule has 24 nitrogen and oxygen atoms in total. The molecule has 0 spiro atoms. The number of ether oxygens (including phenoxy) is 1. The molecular formula is C53H73N13O11. The first-order valence-electron chi connectivity index (χ1n) is 25.4. The Bertz CT molecular complexity index is 2690. The fourth-order valence-corrected chi connectivity index (χ4v) is 7.87. The van der Waals surface area contributed by atoms with E-state index in [2.05, 4.69) is 37.2 Å². The summed E-state index contributed by atoms with van der Waals surface area (Å²) < 4.78 is 5.43. The molecule has 4 unspecified atom stereocenters. The maximum Gasteiger partial charge on any atom is 0.255 e. The lowest BCUT2D eigenvalue weighted by Gasteiger charge is -2.21. The third-order valence-electron chi connectivity index (χ3n) is 12.2. The fraction of sp³-hybridized carbons (Fsp3) is 0.396. The van der Waals surface area contributed by atoms with Gasteiger partial charge in [0.15, 0.2) is 0 Å². The number of nitrogens with one attached hydrogen (secondary N) is 7. The fourth-order valence-electron chi connectivity index (χ4n) is 7.87. The van der Waals surface area contributed by atoms with E-state index in [-0.39, 0.29) is 75.8 Å². The van der Waals surface area contributed by atoms with Crippen LogP contribution in [0.25, 0.3) is 0 Å². The first-order valence-corrected chi connectivity index (χ1v) is 25.4. The second-order valence-corrected chi connectivity index (χ2v) is 18.1. The zero-order valence-corrected chi connectivity index (χ0v) is 43.2. The molecule has 0 aromatic heterocycles. The van der Waals surface area contributed by atoms with Gasteiger partial charge in [0, 0.05) is 28.3 Å². The number of nitrogens with two attached hydrogens (primary N) is 6. The third-order valence-corrected chi connectivity index (χ3v) is 12.2. The zero-order valence-electron chi connectivity index (χ0n) is 43.2. The van der Waals surface area contributed by atoms with Gasteiger partial charge in [-0.2, -0.15) is 0 Å². The van der Waals surface area contributed by atoms with E-state index in [0.717, 1.165) is 0 Å². The van der Waals surface area contributed by atoms with Gasteiger partial charge in [0.2, 0.25) is 23.6 Å². The van der Waals surface area contributed by atoms with Gasteiger partial charge in [0.1, 0.15) is 35.4 Å². The van der Waals surface area contributed by atoms with Crippen molar-refractivity contribution < 1.29 is 53.3 Å². The monoisotopic (exact) mass is 1070 g/mol. The molecule has 0 aliphatic carbocycles. The number of anilines is 4. The van der Waals surface area contributed by atoms with Crippen molar-refractivity contribution in [1.82, 2.24) is 16.0 Å². The molecule has 77 heavy (non-hydrogen) atoms. The van der Waals surface area contributed by atoms with Gasteiger partial charge in [0.05, 0.1) is 29.8 Å².